The fourth-order valence-electron chi connectivity index (χ4n) is 3.10. The molecule has 0 saturated heterocycles. The number of nitrogens with two attached hydrogens (primary N) is 1. The Kier molecular flexibility index (Phi) is 8.88. The number of halogens is 1. The number of nitrogens with zero attached hydrogens (tertiary/aromatic N) is 2. The zero-order valence-electron chi connectivity index (χ0n) is 17.7. The van der Waals surface area contributed by atoms with Crippen LogP contribution in [-0.2, 0) is 11.3 Å². The summed E-state index contributed by atoms with van der Waals surface area (Å²) in [7, 11) is 1.58. The average molecular weight is 434 g/mol. The van der Waals surface area contributed by atoms with Gasteiger partial charge in [0.15, 0.2) is 5.84 Å². The van der Waals surface area contributed by atoms with Crippen LogP contribution in [0.4, 0.5) is 0 Å². The van der Waals surface area contributed by atoms with Crippen LogP contribution in [0.2, 0.25) is 0 Å². The molecule has 1 heterocycles. The highest BCUT2D eigenvalue weighted by Crippen LogP contribution is 2.25. The number of methoxy groups -OCH3 is 1. The van der Waals surface area contributed by atoms with Crippen molar-refractivity contribution in [2.45, 2.75) is 54.2 Å². The molecule has 0 aliphatic carbocycles. The van der Waals surface area contributed by atoms with Crippen LogP contribution >= 0.6 is 11.6 Å². The molecule has 0 amide bonds. The first-order chi connectivity index (χ1) is 13.6. The fourth-order valence-corrected chi connectivity index (χ4v) is 3.28. The van der Waals surface area contributed by atoms with Crippen LogP contribution in [0.5, 0.6) is 5.75 Å². The Balaban J connectivity index is 0.000000297. The standard InChI is InChI=1S/C12H17N3O.C10H11ClO2.CH4/c1-8-5-9(2)7-10(6-8)11-14-16-12(3,4)15(11)13;1-3-7-8(10(11)12)5-4-6-9(7)13-2;/h5-7H,13H2,1-4H3;4-6H,3H2,1-2H3;1H4. The van der Waals surface area contributed by atoms with E-state index < -0.39 is 11.0 Å². The lowest BCUT2D eigenvalue weighted by Crippen LogP contribution is -2.49. The summed E-state index contributed by atoms with van der Waals surface area (Å²) in [4.78, 5) is 16.3. The molecule has 1 aliphatic heterocycles. The minimum Gasteiger partial charge on any atom is -0.496 e. The third-order valence-corrected chi connectivity index (χ3v) is 4.77. The zero-order chi connectivity index (χ0) is 21.8. The molecular formula is C23H32ClN3O3. The Bertz CT molecular complexity index is 906. The molecule has 0 aromatic heterocycles. The van der Waals surface area contributed by atoms with Gasteiger partial charge in [-0.2, -0.15) is 0 Å². The van der Waals surface area contributed by atoms with E-state index in [9.17, 15) is 4.79 Å². The molecule has 30 heavy (non-hydrogen) atoms. The van der Waals surface area contributed by atoms with Crippen molar-refractivity contribution >= 4 is 22.7 Å². The molecule has 6 nitrogen and oxygen atoms in total. The molecular weight excluding hydrogens is 402 g/mol. The summed E-state index contributed by atoms with van der Waals surface area (Å²) in [5.74, 6) is 7.36. The number of amidine groups is 1. The van der Waals surface area contributed by atoms with Gasteiger partial charge in [-0.3, -0.25) is 4.79 Å². The number of hydrazine groups is 1. The van der Waals surface area contributed by atoms with Crippen LogP contribution in [0.1, 0.15) is 60.8 Å². The first-order valence-electron chi connectivity index (χ1n) is 9.36. The van der Waals surface area contributed by atoms with Crippen LogP contribution in [0.15, 0.2) is 41.6 Å². The van der Waals surface area contributed by atoms with Crippen molar-refractivity contribution in [2.24, 2.45) is 11.0 Å². The first-order valence-corrected chi connectivity index (χ1v) is 9.74. The first kappa shape index (κ1) is 25.5. The minimum absolute atomic E-state index is 0. The zero-order valence-corrected chi connectivity index (χ0v) is 18.5. The largest absolute Gasteiger partial charge is 0.496 e. The quantitative estimate of drug-likeness (QED) is 0.531. The molecule has 0 spiro atoms. The van der Waals surface area contributed by atoms with E-state index in [1.165, 1.54) is 11.1 Å². The maximum absolute atomic E-state index is 11.0. The lowest BCUT2D eigenvalue weighted by Gasteiger charge is -2.26. The van der Waals surface area contributed by atoms with E-state index in [1.54, 1.807) is 24.3 Å². The summed E-state index contributed by atoms with van der Waals surface area (Å²) in [6, 6.07) is 11.5. The molecule has 0 bridgehead atoms. The van der Waals surface area contributed by atoms with Crippen molar-refractivity contribution in [2.75, 3.05) is 7.11 Å². The van der Waals surface area contributed by atoms with Crippen LogP contribution < -0.4 is 10.6 Å². The van der Waals surface area contributed by atoms with E-state index in [0.29, 0.717) is 17.1 Å². The number of aryl methyl sites for hydroxylation is 2. The van der Waals surface area contributed by atoms with Crippen LogP contribution in [0.3, 0.4) is 0 Å². The Morgan fingerprint density at radius 3 is 2.27 bits per heavy atom. The minimum atomic E-state index is -0.576. The summed E-state index contributed by atoms with van der Waals surface area (Å²) < 4.78 is 5.12. The fraction of sp³-hybridized carbons (Fsp3) is 0.391. The van der Waals surface area contributed by atoms with Crippen LogP contribution in [0.25, 0.3) is 0 Å². The van der Waals surface area contributed by atoms with Crippen molar-refractivity contribution in [1.82, 2.24) is 5.01 Å². The van der Waals surface area contributed by atoms with Crippen LogP contribution in [-0.4, -0.2) is 28.9 Å². The number of carbonyl (C=O) groups excluding carboxylic acids is 1. The molecule has 1 aliphatic rings. The Morgan fingerprint density at radius 2 is 1.83 bits per heavy atom. The van der Waals surface area contributed by atoms with E-state index in [-0.39, 0.29) is 7.43 Å². The van der Waals surface area contributed by atoms with Gasteiger partial charge in [0.1, 0.15) is 5.75 Å². The lowest BCUT2D eigenvalue weighted by atomic mass is 10.1. The van der Waals surface area contributed by atoms with Gasteiger partial charge < -0.3 is 9.57 Å². The molecule has 2 N–H and O–H groups in total. The number of hydrogen-bond donors (Lipinski definition) is 1. The van der Waals surface area contributed by atoms with Gasteiger partial charge in [-0.25, -0.2) is 10.9 Å². The van der Waals surface area contributed by atoms with E-state index in [4.69, 9.17) is 27.0 Å². The number of oxime groups is 1. The second-order valence-electron chi connectivity index (χ2n) is 7.31. The highest BCUT2D eigenvalue weighted by atomic mass is 35.5. The topological polar surface area (TPSA) is 77.2 Å². The van der Waals surface area contributed by atoms with E-state index in [1.807, 2.05) is 26.8 Å². The normalized spacial score (nSPS) is 14.0. The monoisotopic (exact) mass is 433 g/mol. The number of hydrogen-bond acceptors (Lipinski definition) is 6. The van der Waals surface area contributed by atoms with Crippen molar-refractivity contribution in [3.8, 4) is 5.75 Å². The summed E-state index contributed by atoms with van der Waals surface area (Å²) in [5, 5.41) is 5.16. The van der Waals surface area contributed by atoms with Crippen molar-refractivity contribution < 1.29 is 14.4 Å². The van der Waals surface area contributed by atoms with E-state index in [0.717, 1.165) is 17.5 Å². The summed E-state index contributed by atoms with van der Waals surface area (Å²) >= 11 is 5.42. The second kappa shape index (κ2) is 10.5. The third-order valence-electron chi connectivity index (χ3n) is 4.56. The number of rotatable bonds is 4. The Hall–Kier alpha value is -2.57. The van der Waals surface area contributed by atoms with Gasteiger partial charge in [-0.05, 0) is 70.0 Å². The van der Waals surface area contributed by atoms with E-state index in [2.05, 4.69) is 37.2 Å². The van der Waals surface area contributed by atoms with Crippen molar-refractivity contribution in [1.29, 1.82) is 0 Å². The molecule has 2 aromatic rings. The maximum Gasteiger partial charge on any atom is 0.252 e. The average Bonchev–Trinajstić information content (AvgIpc) is 2.93. The van der Waals surface area contributed by atoms with Crippen molar-refractivity contribution in [3.05, 3.63) is 64.2 Å². The Labute approximate surface area is 184 Å². The second-order valence-corrected chi connectivity index (χ2v) is 7.66. The molecule has 0 radical (unpaired) electrons. The maximum atomic E-state index is 11.0. The smallest absolute Gasteiger partial charge is 0.252 e. The van der Waals surface area contributed by atoms with Gasteiger partial charge in [-0.15, -0.1) is 0 Å². The molecule has 7 heteroatoms. The summed E-state index contributed by atoms with van der Waals surface area (Å²) in [6.07, 6.45) is 0.734. The molecule has 0 atom stereocenters. The van der Waals surface area contributed by atoms with Crippen LogP contribution in [0, 0.1) is 13.8 Å². The summed E-state index contributed by atoms with van der Waals surface area (Å²) in [6.45, 7) is 9.83. The number of ether oxygens (including phenoxy) is 1. The number of benzene rings is 2. The molecule has 164 valence electrons. The van der Waals surface area contributed by atoms with Gasteiger partial charge >= 0.3 is 0 Å². The van der Waals surface area contributed by atoms with Crippen molar-refractivity contribution in [3.63, 3.8) is 0 Å². The van der Waals surface area contributed by atoms with Gasteiger partial charge in [0.2, 0.25) is 5.72 Å². The molecule has 0 unspecified atom stereocenters. The van der Waals surface area contributed by atoms with Gasteiger partial charge in [-0.1, -0.05) is 42.8 Å². The molecule has 0 saturated carbocycles. The molecule has 2 aromatic carbocycles. The lowest BCUT2D eigenvalue weighted by molar-refractivity contribution is -0.0691. The van der Waals surface area contributed by atoms with Gasteiger partial charge in [0.25, 0.3) is 5.24 Å². The van der Waals surface area contributed by atoms with Gasteiger partial charge in [0, 0.05) is 16.7 Å². The highest BCUT2D eigenvalue weighted by Gasteiger charge is 2.36. The van der Waals surface area contributed by atoms with Gasteiger partial charge in [0.05, 0.1) is 7.11 Å². The predicted octanol–water partition coefficient (Wildman–Crippen LogP) is 5.18. The van der Waals surface area contributed by atoms with E-state index >= 15 is 0 Å². The highest BCUT2D eigenvalue weighted by molar-refractivity contribution is 6.68. The summed E-state index contributed by atoms with van der Waals surface area (Å²) in [5.41, 5.74) is 4.19. The predicted molar refractivity (Wildman–Crippen MR) is 123 cm³/mol. The SMILES string of the molecule is C.CCc1c(OC)cccc1C(=O)Cl.Cc1cc(C)cc(C2=NOC(C)(C)N2N)c1. The Morgan fingerprint density at radius 1 is 1.23 bits per heavy atom. The third kappa shape index (κ3) is 5.74. The molecule has 3 rings (SSSR count). The number of carbonyl (C=O) groups is 1. The molecule has 0 fully saturated rings.